The number of nitrogens with one attached hydrogen (secondary N) is 1. The Labute approximate surface area is 102 Å². The molecule has 0 saturated carbocycles. The fourth-order valence-corrected chi connectivity index (χ4v) is 2.23. The van der Waals surface area contributed by atoms with Crippen molar-refractivity contribution in [3.63, 3.8) is 0 Å². The van der Waals surface area contributed by atoms with Crippen molar-refractivity contribution in [2.45, 2.75) is 19.4 Å². The number of hydrogen-bond donors (Lipinski definition) is 2. The Morgan fingerprint density at radius 3 is 2.82 bits per heavy atom. The summed E-state index contributed by atoms with van der Waals surface area (Å²) >= 11 is 0. The molecule has 1 aliphatic rings. The number of amides is 1. The molecule has 17 heavy (non-hydrogen) atoms. The predicted molar refractivity (Wildman–Crippen MR) is 69.2 cm³/mol. The van der Waals surface area contributed by atoms with Crippen molar-refractivity contribution in [2.75, 3.05) is 25.5 Å². The summed E-state index contributed by atoms with van der Waals surface area (Å²) in [7, 11) is 1.88. The van der Waals surface area contributed by atoms with Gasteiger partial charge in [-0.25, -0.2) is 0 Å². The van der Waals surface area contributed by atoms with E-state index in [1.807, 2.05) is 37.1 Å². The standard InChI is InChI=1S/C13H19N3O/c1-9-7-10(3-4-12(9)15-2)13(17)16-6-5-11(14)8-16/h3-4,7,11,15H,5-6,8,14H2,1-2H3. The van der Waals surface area contributed by atoms with Gasteiger partial charge in [-0.2, -0.15) is 0 Å². The predicted octanol–water partition coefficient (Wildman–Crippen LogP) is 1.21. The third-order valence-corrected chi connectivity index (χ3v) is 3.25. The molecule has 92 valence electrons. The van der Waals surface area contributed by atoms with E-state index < -0.39 is 0 Å². The first-order valence-corrected chi connectivity index (χ1v) is 5.95. The molecule has 4 heteroatoms. The first-order chi connectivity index (χ1) is 8.11. The van der Waals surface area contributed by atoms with Crippen LogP contribution < -0.4 is 11.1 Å². The third kappa shape index (κ3) is 2.42. The van der Waals surface area contributed by atoms with Gasteiger partial charge >= 0.3 is 0 Å². The topological polar surface area (TPSA) is 58.4 Å². The maximum absolute atomic E-state index is 12.2. The van der Waals surface area contributed by atoms with Crippen LogP contribution in [0.4, 0.5) is 5.69 Å². The lowest BCUT2D eigenvalue weighted by Gasteiger charge is -2.16. The Balaban J connectivity index is 2.17. The van der Waals surface area contributed by atoms with E-state index in [9.17, 15) is 4.79 Å². The summed E-state index contributed by atoms with van der Waals surface area (Å²) in [6.45, 7) is 3.44. The minimum absolute atomic E-state index is 0.0868. The Kier molecular flexibility index (Phi) is 3.33. The molecule has 2 rings (SSSR count). The zero-order valence-electron chi connectivity index (χ0n) is 10.4. The second-order valence-electron chi connectivity index (χ2n) is 4.58. The van der Waals surface area contributed by atoms with E-state index in [0.29, 0.717) is 6.54 Å². The molecule has 4 nitrogen and oxygen atoms in total. The summed E-state index contributed by atoms with van der Waals surface area (Å²) in [6, 6.07) is 5.87. The highest BCUT2D eigenvalue weighted by Crippen LogP contribution is 2.18. The number of aryl methyl sites for hydroxylation is 1. The lowest BCUT2D eigenvalue weighted by Crippen LogP contribution is -2.31. The number of carbonyl (C=O) groups excluding carboxylic acids is 1. The van der Waals surface area contributed by atoms with Gasteiger partial charge in [-0.1, -0.05) is 0 Å². The molecule has 1 saturated heterocycles. The highest BCUT2D eigenvalue weighted by atomic mass is 16.2. The van der Waals surface area contributed by atoms with Crippen molar-refractivity contribution >= 4 is 11.6 Å². The van der Waals surface area contributed by atoms with Crippen LogP contribution in [0.1, 0.15) is 22.3 Å². The lowest BCUT2D eigenvalue weighted by atomic mass is 10.1. The molecule has 1 fully saturated rings. The Morgan fingerprint density at radius 1 is 1.53 bits per heavy atom. The quantitative estimate of drug-likeness (QED) is 0.807. The molecular weight excluding hydrogens is 214 g/mol. The van der Waals surface area contributed by atoms with E-state index in [2.05, 4.69) is 5.32 Å². The average molecular weight is 233 g/mol. The molecule has 0 radical (unpaired) electrons. The monoisotopic (exact) mass is 233 g/mol. The van der Waals surface area contributed by atoms with Crippen molar-refractivity contribution in [1.82, 2.24) is 4.90 Å². The van der Waals surface area contributed by atoms with Gasteiger partial charge in [-0.3, -0.25) is 4.79 Å². The molecule has 0 bridgehead atoms. The average Bonchev–Trinajstić information content (AvgIpc) is 2.75. The Hall–Kier alpha value is -1.55. The summed E-state index contributed by atoms with van der Waals surface area (Å²) in [6.07, 6.45) is 0.902. The number of carbonyl (C=O) groups is 1. The largest absolute Gasteiger partial charge is 0.388 e. The van der Waals surface area contributed by atoms with E-state index in [4.69, 9.17) is 5.73 Å². The molecule has 0 aromatic heterocycles. The van der Waals surface area contributed by atoms with Gasteiger partial charge < -0.3 is 16.0 Å². The van der Waals surface area contributed by atoms with Crippen molar-refractivity contribution in [3.8, 4) is 0 Å². The van der Waals surface area contributed by atoms with E-state index in [0.717, 1.165) is 29.8 Å². The molecule has 1 atom stereocenters. The number of hydrogen-bond acceptors (Lipinski definition) is 3. The van der Waals surface area contributed by atoms with Crippen molar-refractivity contribution in [2.24, 2.45) is 5.73 Å². The molecule has 0 aliphatic carbocycles. The molecule has 1 aliphatic heterocycles. The number of anilines is 1. The van der Waals surface area contributed by atoms with Gasteiger partial charge in [0, 0.05) is 37.4 Å². The molecular formula is C13H19N3O. The Morgan fingerprint density at radius 2 is 2.29 bits per heavy atom. The second kappa shape index (κ2) is 4.75. The minimum atomic E-state index is 0.0868. The number of nitrogens with two attached hydrogens (primary N) is 1. The summed E-state index contributed by atoms with van der Waals surface area (Å²) in [5.41, 5.74) is 8.70. The highest BCUT2D eigenvalue weighted by Gasteiger charge is 2.24. The van der Waals surface area contributed by atoms with Crippen LogP contribution in [0.5, 0.6) is 0 Å². The van der Waals surface area contributed by atoms with Crippen molar-refractivity contribution in [1.29, 1.82) is 0 Å². The van der Waals surface area contributed by atoms with Gasteiger partial charge in [-0.05, 0) is 37.1 Å². The first kappa shape index (κ1) is 11.9. The highest BCUT2D eigenvalue weighted by molar-refractivity contribution is 5.95. The minimum Gasteiger partial charge on any atom is -0.388 e. The third-order valence-electron chi connectivity index (χ3n) is 3.25. The summed E-state index contributed by atoms with van der Waals surface area (Å²) in [4.78, 5) is 14.0. The van der Waals surface area contributed by atoms with Gasteiger partial charge in [0.15, 0.2) is 0 Å². The van der Waals surface area contributed by atoms with Crippen LogP contribution in [-0.4, -0.2) is 37.0 Å². The van der Waals surface area contributed by atoms with Crippen molar-refractivity contribution in [3.05, 3.63) is 29.3 Å². The van der Waals surface area contributed by atoms with E-state index in [1.54, 1.807) is 0 Å². The molecule has 1 aromatic carbocycles. The lowest BCUT2D eigenvalue weighted by molar-refractivity contribution is 0.0791. The molecule has 1 amide bonds. The van der Waals surface area contributed by atoms with Crippen LogP contribution in [0.2, 0.25) is 0 Å². The van der Waals surface area contributed by atoms with Crippen molar-refractivity contribution < 1.29 is 4.79 Å². The van der Waals surface area contributed by atoms with Gasteiger partial charge in [0.2, 0.25) is 0 Å². The van der Waals surface area contributed by atoms with Gasteiger partial charge in [0.25, 0.3) is 5.91 Å². The number of rotatable bonds is 2. The maximum atomic E-state index is 12.2. The molecule has 1 unspecified atom stereocenters. The van der Waals surface area contributed by atoms with Crippen LogP contribution in [0.25, 0.3) is 0 Å². The second-order valence-corrected chi connectivity index (χ2v) is 4.58. The molecule has 3 N–H and O–H groups in total. The van der Waals surface area contributed by atoms with Crippen LogP contribution in [0.3, 0.4) is 0 Å². The normalized spacial score (nSPS) is 19.5. The van der Waals surface area contributed by atoms with Crippen LogP contribution >= 0.6 is 0 Å². The van der Waals surface area contributed by atoms with Gasteiger partial charge in [0.05, 0.1) is 0 Å². The van der Waals surface area contributed by atoms with Crippen LogP contribution in [0.15, 0.2) is 18.2 Å². The first-order valence-electron chi connectivity index (χ1n) is 5.95. The smallest absolute Gasteiger partial charge is 0.253 e. The number of nitrogens with zero attached hydrogens (tertiary/aromatic N) is 1. The summed E-state index contributed by atoms with van der Waals surface area (Å²) in [5, 5.41) is 3.09. The van der Waals surface area contributed by atoms with Crippen LogP contribution in [0, 0.1) is 6.92 Å². The van der Waals surface area contributed by atoms with E-state index >= 15 is 0 Å². The Bertz CT molecular complexity index is 431. The zero-order valence-corrected chi connectivity index (χ0v) is 10.4. The molecule has 1 aromatic rings. The number of benzene rings is 1. The van der Waals surface area contributed by atoms with Gasteiger partial charge in [-0.15, -0.1) is 0 Å². The van der Waals surface area contributed by atoms with Gasteiger partial charge in [0.1, 0.15) is 0 Å². The van der Waals surface area contributed by atoms with Crippen LogP contribution in [-0.2, 0) is 0 Å². The zero-order chi connectivity index (χ0) is 12.4. The molecule has 1 heterocycles. The fraction of sp³-hybridized carbons (Fsp3) is 0.462. The van der Waals surface area contributed by atoms with E-state index in [-0.39, 0.29) is 11.9 Å². The number of likely N-dealkylation sites (tertiary alicyclic amines) is 1. The SMILES string of the molecule is CNc1ccc(C(=O)N2CCC(N)C2)cc1C. The summed E-state index contributed by atoms with van der Waals surface area (Å²) < 4.78 is 0. The van der Waals surface area contributed by atoms with E-state index in [1.165, 1.54) is 0 Å². The fourth-order valence-electron chi connectivity index (χ4n) is 2.23. The molecule has 0 spiro atoms. The summed E-state index contributed by atoms with van der Waals surface area (Å²) in [5.74, 6) is 0.0868. The maximum Gasteiger partial charge on any atom is 0.253 e.